The van der Waals surface area contributed by atoms with Crippen LogP contribution < -0.4 is 14.8 Å². The van der Waals surface area contributed by atoms with Gasteiger partial charge in [-0.2, -0.15) is 0 Å². The highest BCUT2D eigenvalue weighted by Gasteiger charge is 2.21. The minimum atomic E-state index is -3.79. The smallest absolute Gasteiger partial charge is 0.310 e. The highest BCUT2D eigenvalue weighted by atomic mass is 35.5. The van der Waals surface area contributed by atoms with Crippen molar-refractivity contribution in [1.82, 2.24) is 4.31 Å². The second-order valence-corrected chi connectivity index (χ2v) is 9.04. The van der Waals surface area contributed by atoms with Crippen molar-refractivity contribution in [3.63, 3.8) is 0 Å². The topological polar surface area (TPSA) is 111 Å². The summed E-state index contributed by atoms with van der Waals surface area (Å²) in [7, 11) is 1.93. The van der Waals surface area contributed by atoms with E-state index in [1.165, 1.54) is 46.5 Å². The summed E-state index contributed by atoms with van der Waals surface area (Å²) < 4.78 is 40.9. The van der Waals surface area contributed by atoms with Crippen LogP contribution in [0.2, 0.25) is 5.02 Å². The molecule has 0 radical (unpaired) electrons. The number of sulfonamides is 1. The fraction of sp³-hybridized carbons (Fsp3) is 0.300. The number of nitrogens with one attached hydrogen (secondary N) is 1. The zero-order valence-corrected chi connectivity index (χ0v) is 19.0. The predicted molar refractivity (Wildman–Crippen MR) is 115 cm³/mol. The Morgan fingerprint density at radius 1 is 1.03 bits per heavy atom. The third-order valence-corrected chi connectivity index (χ3v) is 6.43. The Balaban J connectivity index is 1.97. The first-order valence-corrected chi connectivity index (χ1v) is 10.8. The summed E-state index contributed by atoms with van der Waals surface area (Å²) in [5, 5.41) is 2.50. The zero-order valence-electron chi connectivity index (χ0n) is 17.5. The Morgan fingerprint density at radius 2 is 1.71 bits per heavy atom. The molecular formula is C20H23ClN2O7S. The number of nitrogens with zero attached hydrogens (tertiary/aromatic N) is 1. The lowest BCUT2D eigenvalue weighted by atomic mass is 10.1. The number of methoxy groups -OCH3 is 2. The minimum Gasteiger partial charge on any atom is -0.493 e. The lowest BCUT2D eigenvalue weighted by molar-refractivity contribution is -0.146. The molecule has 0 bridgehead atoms. The number of amides is 1. The average molecular weight is 471 g/mol. The maximum atomic E-state index is 12.3. The summed E-state index contributed by atoms with van der Waals surface area (Å²) in [5.74, 6) is -0.250. The minimum absolute atomic E-state index is 0.0213. The maximum absolute atomic E-state index is 12.3. The lowest BCUT2D eigenvalue weighted by Crippen LogP contribution is -2.24. The van der Waals surface area contributed by atoms with E-state index in [0.29, 0.717) is 17.1 Å². The molecule has 1 amide bonds. The van der Waals surface area contributed by atoms with E-state index in [1.54, 1.807) is 18.2 Å². The molecule has 11 heteroatoms. The molecule has 0 fully saturated rings. The van der Waals surface area contributed by atoms with Crippen LogP contribution in [0.5, 0.6) is 11.5 Å². The van der Waals surface area contributed by atoms with Gasteiger partial charge in [0.25, 0.3) is 5.91 Å². The second-order valence-electron chi connectivity index (χ2n) is 6.51. The van der Waals surface area contributed by atoms with Gasteiger partial charge in [-0.25, -0.2) is 12.7 Å². The van der Waals surface area contributed by atoms with E-state index in [4.69, 9.17) is 25.8 Å². The number of anilines is 1. The summed E-state index contributed by atoms with van der Waals surface area (Å²) >= 11 is 5.98. The third-order valence-electron chi connectivity index (χ3n) is 4.13. The van der Waals surface area contributed by atoms with E-state index in [2.05, 4.69) is 5.32 Å². The monoisotopic (exact) mass is 470 g/mol. The summed E-state index contributed by atoms with van der Waals surface area (Å²) in [6.07, 6.45) is -0.0696. The first-order valence-electron chi connectivity index (χ1n) is 8.97. The number of halogens is 1. The van der Waals surface area contributed by atoms with E-state index < -0.39 is 28.5 Å². The molecule has 0 spiro atoms. The van der Waals surface area contributed by atoms with E-state index in [0.717, 1.165) is 4.31 Å². The van der Waals surface area contributed by atoms with Gasteiger partial charge in [0.15, 0.2) is 18.1 Å². The fourth-order valence-electron chi connectivity index (χ4n) is 2.53. The standard InChI is InChI=1S/C20H23ClN2O7S/c1-23(2)31(26,27)18-11-14(6-7-15(18)21)22-19(24)12-30-20(25)10-13-5-8-16(28-3)17(9-13)29-4/h5-9,11H,10,12H2,1-4H3,(H,22,24). The number of rotatable bonds is 9. The van der Waals surface area contributed by atoms with Crippen LogP contribution in [-0.4, -0.2) is 59.5 Å². The molecule has 0 atom stereocenters. The molecule has 0 aliphatic heterocycles. The van der Waals surface area contributed by atoms with Crippen LogP contribution in [0.4, 0.5) is 5.69 Å². The van der Waals surface area contributed by atoms with Gasteiger partial charge in [-0.3, -0.25) is 9.59 Å². The van der Waals surface area contributed by atoms with Crippen molar-refractivity contribution in [3.8, 4) is 11.5 Å². The average Bonchev–Trinajstić information content (AvgIpc) is 2.73. The normalized spacial score (nSPS) is 11.2. The van der Waals surface area contributed by atoms with Gasteiger partial charge in [0, 0.05) is 19.8 Å². The molecule has 0 saturated carbocycles. The van der Waals surface area contributed by atoms with Gasteiger partial charge in [0.05, 0.1) is 25.7 Å². The van der Waals surface area contributed by atoms with Crippen molar-refractivity contribution in [2.45, 2.75) is 11.3 Å². The van der Waals surface area contributed by atoms with Crippen LogP contribution in [0.15, 0.2) is 41.3 Å². The summed E-state index contributed by atoms with van der Waals surface area (Å²) in [5.41, 5.74) is 0.824. The Kier molecular flexibility index (Phi) is 8.26. The van der Waals surface area contributed by atoms with Gasteiger partial charge in [-0.1, -0.05) is 17.7 Å². The molecular weight excluding hydrogens is 448 g/mol. The van der Waals surface area contributed by atoms with Gasteiger partial charge < -0.3 is 19.5 Å². The molecule has 0 saturated heterocycles. The summed E-state index contributed by atoms with van der Waals surface area (Å²) in [6.45, 7) is -0.537. The summed E-state index contributed by atoms with van der Waals surface area (Å²) in [4.78, 5) is 24.0. The number of ether oxygens (including phenoxy) is 3. The fourth-order valence-corrected chi connectivity index (χ4v) is 3.92. The first-order chi connectivity index (χ1) is 14.6. The quantitative estimate of drug-likeness (QED) is 0.560. The van der Waals surface area contributed by atoms with Crippen molar-refractivity contribution in [2.24, 2.45) is 0 Å². The number of carbonyl (C=O) groups excluding carboxylic acids is 2. The van der Waals surface area contributed by atoms with E-state index in [9.17, 15) is 18.0 Å². The molecule has 0 unspecified atom stereocenters. The number of hydrogen-bond acceptors (Lipinski definition) is 7. The van der Waals surface area contributed by atoms with Crippen LogP contribution in [0.25, 0.3) is 0 Å². The Bertz CT molecular complexity index is 1070. The van der Waals surface area contributed by atoms with Crippen LogP contribution in [-0.2, 0) is 30.8 Å². The Morgan fingerprint density at radius 3 is 2.32 bits per heavy atom. The van der Waals surface area contributed by atoms with Crippen molar-refractivity contribution < 1.29 is 32.2 Å². The van der Waals surface area contributed by atoms with Crippen LogP contribution in [0.1, 0.15) is 5.56 Å². The largest absolute Gasteiger partial charge is 0.493 e. The predicted octanol–water partition coefficient (Wildman–Crippen LogP) is 2.33. The van der Waals surface area contributed by atoms with Crippen LogP contribution in [0.3, 0.4) is 0 Å². The molecule has 1 N–H and O–H groups in total. The van der Waals surface area contributed by atoms with Crippen molar-refractivity contribution in [1.29, 1.82) is 0 Å². The highest BCUT2D eigenvalue weighted by Crippen LogP contribution is 2.28. The molecule has 9 nitrogen and oxygen atoms in total. The van der Waals surface area contributed by atoms with Gasteiger partial charge >= 0.3 is 5.97 Å². The van der Waals surface area contributed by atoms with Crippen molar-refractivity contribution >= 4 is 39.2 Å². The summed E-state index contributed by atoms with van der Waals surface area (Å²) in [6, 6.07) is 9.02. The van der Waals surface area contributed by atoms with Gasteiger partial charge in [-0.15, -0.1) is 0 Å². The Hall–Kier alpha value is -2.82. The second kappa shape index (κ2) is 10.5. The molecule has 31 heavy (non-hydrogen) atoms. The van der Waals surface area contributed by atoms with Crippen molar-refractivity contribution in [3.05, 3.63) is 47.0 Å². The maximum Gasteiger partial charge on any atom is 0.310 e. The van der Waals surface area contributed by atoms with Gasteiger partial charge in [0.2, 0.25) is 10.0 Å². The molecule has 2 aromatic carbocycles. The molecule has 2 aromatic rings. The Labute approximate surface area is 185 Å². The van der Waals surface area contributed by atoms with Crippen LogP contribution in [0, 0.1) is 0 Å². The van der Waals surface area contributed by atoms with Gasteiger partial charge in [-0.05, 0) is 35.9 Å². The highest BCUT2D eigenvalue weighted by molar-refractivity contribution is 7.89. The molecule has 0 heterocycles. The molecule has 0 aromatic heterocycles. The molecule has 168 valence electrons. The number of carbonyl (C=O) groups is 2. The number of benzene rings is 2. The van der Waals surface area contributed by atoms with E-state index in [1.807, 2.05) is 0 Å². The number of esters is 1. The van der Waals surface area contributed by atoms with E-state index in [-0.39, 0.29) is 22.0 Å². The molecule has 2 rings (SSSR count). The number of hydrogen-bond donors (Lipinski definition) is 1. The molecule has 0 aliphatic rings. The van der Waals surface area contributed by atoms with E-state index >= 15 is 0 Å². The zero-order chi connectivity index (χ0) is 23.2. The first kappa shape index (κ1) is 24.4. The SMILES string of the molecule is COc1ccc(CC(=O)OCC(=O)Nc2ccc(Cl)c(S(=O)(=O)N(C)C)c2)cc1OC. The van der Waals surface area contributed by atoms with Crippen LogP contribution >= 0.6 is 11.6 Å². The molecule has 0 aliphatic carbocycles. The third kappa shape index (κ3) is 6.33. The van der Waals surface area contributed by atoms with Gasteiger partial charge in [0.1, 0.15) is 4.90 Å². The van der Waals surface area contributed by atoms with Crippen molar-refractivity contribution in [2.75, 3.05) is 40.2 Å². The lowest BCUT2D eigenvalue weighted by Gasteiger charge is -2.14.